The van der Waals surface area contributed by atoms with E-state index in [0.29, 0.717) is 51.5 Å². The maximum atomic E-state index is 13.0. The van der Waals surface area contributed by atoms with E-state index >= 15 is 0 Å². The third kappa shape index (κ3) is 9.97. The molecule has 2 N–H and O–H groups in total. The van der Waals surface area contributed by atoms with Crippen LogP contribution >= 0.6 is 23.2 Å². The summed E-state index contributed by atoms with van der Waals surface area (Å²) in [5.41, 5.74) is 5.47. The largest absolute Gasteiger partial charge is 0.478 e. The van der Waals surface area contributed by atoms with E-state index in [1.165, 1.54) is 25.6 Å². The molecule has 1 atom stereocenters. The van der Waals surface area contributed by atoms with E-state index in [1.54, 1.807) is 66.7 Å². The standard InChI is InChI=1S/C24H20ClN3O3.C14H9ClN2O2/c1-15(18-6-8-19(9-7-18)24(30)31-2)28-23(29)21-12-20(25)14-27-22(21)11-16-4-3-5-17(10-16)13-26;15-11-6-12(14(18)19)13(17-8-11)5-9-2-1-3-10(4-9)7-16/h3-10,12,14-15H,11H2,1-2H3,(H,28,29);1-4,6,8H,5H2,(H,18,19)/t15-;/m0./s1. The third-order valence-corrected chi connectivity index (χ3v) is 7.80. The van der Waals surface area contributed by atoms with Crippen molar-refractivity contribution in [2.45, 2.75) is 25.8 Å². The zero-order chi connectivity index (χ0) is 36.2. The van der Waals surface area contributed by atoms with Crippen LogP contribution in [0.4, 0.5) is 0 Å². The lowest BCUT2D eigenvalue weighted by atomic mass is 10.0. The topological polar surface area (TPSA) is 166 Å². The van der Waals surface area contributed by atoms with E-state index in [4.69, 9.17) is 43.6 Å². The molecule has 0 aliphatic carbocycles. The van der Waals surface area contributed by atoms with Crippen LogP contribution in [0, 0.1) is 22.7 Å². The summed E-state index contributed by atoms with van der Waals surface area (Å²) in [6.45, 7) is 1.85. The second-order valence-electron chi connectivity index (χ2n) is 10.9. The Kier molecular flexibility index (Phi) is 12.8. The minimum atomic E-state index is -1.07. The number of nitriles is 2. The first kappa shape index (κ1) is 36.8. The number of pyridine rings is 2. The van der Waals surface area contributed by atoms with Gasteiger partial charge in [-0.1, -0.05) is 59.6 Å². The van der Waals surface area contributed by atoms with Crippen LogP contribution in [0.25, 0.3) is 0 Å². The summed E-state index contributed by atoms with van der Waals surface area (Å²) in [6, 6.07) is 27.8. The Labute approximate surface area is 298 Å². The smallest absolute Gasteiger partial charge is 0.337 e. The molecule has 0 saturated carbocycles. The van der Waals surface area contributed by atoms with E-state index < -0.39 is 11.9 Å². The summed E-state index contributed by atoms with van der Waals surface area (Å²) in [4.78, 5) is 44.1. The molecule has 10 nitrogen and oxygen atoms in total. The molecule has 250 valence electrons. The second-order valence-corrected chi connectivity index (χ2v) is 11.8. The lowest BCUT2D eigenvalue weighted by molar-refractivity contribution is 0.0599. The molecule has 5 aromatic rings. The van der Waals surface area contributed by atoms with Gasteiger partial charge in [-0.25, -0.2) is 9.59 Å². The number of carbonyl (C=O) groups is 3. The second kappa shape index (κ2) is 17.4. The molecule has 0 saturated heterocycles. The van der Waals surface area contributed by atoms with Gasteiger partial charge in [0.05, 0.1) is 74.5 Å². The highest BCUT2D eigenvalue weighted by atomic mass is 35.5. The van der Waals surface area contributed by atoms with Crippen molar-refractivity contribution in [3.05, 3.63) is 163 Å². The average Bonchev–Trinajstić information content (AvgIpc) is 3.13. The summed E-state index contributed by atoms with van der Waals surface area (Å²) in [5, 5.41) is 30.6. The number of ether oxygens (including phenoxy) is 1. The number of hydrogen-bond donors (Lipinski definition) is 2. The fourth-order valence-electron chi connectivity index (χ4n) is 4.87. The highest BCUT2D eigenvalue weighted by molar-refractivity contribution is 6.31. The molecule has 50 heavy (non-hydrogen) atoms. The third-order valence-electron chi connectivity index (χ3n) is 7.38. The van der Waals surface area contributed by atoms with Crippen molar-refractivity contribution in [1.82, 2.24) is 15.3 Å². The molecule has 0 radical (unpaired) electrons. The van der Waals surface area contributed by atoms with Crippen LogP contribution in [-0.4, -0.2) is 40.0 Å². The quantitative estimate of drug-likeness (QED) is 0.149. The van der Waals surface area contributed by atoms with Gasteiger partial charge in [-0.15, -0.1) is 0 Å². The molecular weight excluding hydrogens is 677 g/mol. The predicted molar refractivity (Wildman–Crippen MR) is 187 cm³/mol. The van der Waals surface area contributed by atoms with Crippen LogP contribution in [-0.2, 0) is 17.6 Å². The summed E-state index contributed by atoms with van der Waals surface area (Å²) in [5.74, 6) is -1.80. The van der Waals surface area contributed by atoms with Crippen molar-refractivity contribution in [1.29, 1.82) is 10.5 Å². The fraction of sp³-hybridized carbons (Fsp3) is 0.132. The van der Waals surface area contributed by atoms with E-state index in [-0.39, 0.29) is 22.5 Å². The molecule has 5 rings (SSSR count). The molecule has 0 aliphatic rings. The van der Waals surface area contributed by atoms with Gasteiger partial charge in [0, 0.05) is 25.2 Å². The molecule has 0 aliphatic heterocycles. The number of nitrogens with zero attached hydrogens (tertiary/aromatic N) is 4. The summed E-state index contributed by atoms with van der Waals surface area (Å²) in [7, 11) is 1.33. The van der Waals surface area contributed by atoms with Gasteiger partial charge in [0.25, 0.3) is 5.91 Å². The van der Waals surface area contributed by atoms with Crippen molar-refractivity contribution in [2.75, 3.05) is 7.11 Å². The molecule has 12 heteroatoms. The minimum absolute atomic E-state index is 0.0786. The highest BCUT2D eigenvalue weighted by Crippen LogP contribution is 2.21. The number of methoxy groups -OCH3 is 1. The molecule has 2 heterocycles. The predicted octanol–water partition coefficient (Wildman–Crippen LogP) is 7.37. The Hall–Kier alpha value is -6.07. The molecule has 0 spiro atoms. The molecule has 3 aromatic carbocycles. The number of amides is 1. The van der Waals surface area contributed by atoms with Gasteiger partial charge in [0.2, 0.25) is 0 Å². The molecule has 0 fully saturated rings. The molecule has 0 bridgehead atoms. The van der Waals surface area contributed by atoms with Crippen molar-refractivity contribution in [3.63, 3.8) is 0 Å². The minimum Gasteiger partial charge on any atom is -0.478 e. The number of halogens is 2. The van der Waals surface area contributed by atoms with Crippen LogP contribution < -0.4 is 5.32 Å². The molecule has 0 unspecified atom stereocenters. The van der Waals surface area contributed by atoms with Gasteiger partial charge in [0.1, 0.15) is 0 Å². The average molecular weight is 707 g/mol. The van der Waals surface area contributed by atoms with E-state index in [9.17, 15) is 14.4 Å². The summed E-state index contributed by atoms with van der Waals surface area (Å²) >= 11 is 11.8. The first-order valence-corrected chi connectivity index (χ1v) is 15.8. The van der Waals surface area contributed by atoms with E-state index in [2.05, 4.69) is 21.4 Å². The number of hydrogen-bond acceptors (Lipinski definition) is 8. The molecular formula is C38H29Cl2N5O5. The lowest BCUT2D eigenvalue weighted by Crippen LogP contribution is -2.28. The Balaban J connectivity index is 0.000000252. The zero-order valence-electron chi connectivity index (χ0n) is 26.9. The summed E-state index contributed by atoms with van der Waals surface area (Å²) in [6.07, 6.45) is 3.64. The Bertz CT molecular complexity index is 2120. The maximum absolute atomic E-state index is 13.0. The molecule has 2 aromatic heterocycles. The van der Waals surface area contributed by atoms with Gasteiger partial charge in [-0.2, -0.15) is 10.5 Å². The van der Waals surface area contributed by atoms with Gasteiger partial charge < -0.3 is 15.2 Å². The number of benzene rings is 3. The number of nitrogens with one attached hydrogen (secondary N) is 1. The zero-order valence-corrected chi connectivity index (χ0v) is 28.4. The number of carboxylic acids is 1. The van der Waals surface area contributed by atoms with Gasteiger partial charge in [-0.05, 0) is 72.1 Å². The summed E-state index contributed by atoms with van der Waals surface area (Å²) < 4.78 is 4.70. The number of carboxylic acid groups (broad SMARTS) is 1. The normalized spacial score (nSPS) is 10.8. The van der Waals surface area contributed by atoms with Crippen LogP contribution in [0.1, 0.15) is 83.2 Å². The Morgan fingerprint density at radius 3 is 1.78 bits per heavy atom. The van der Waals surface area contributed by atoms with Crippen LogP contribution in [0.3, 0.4) is 0 Å². The Morgan fingerprint density at radius 2 is 1.30 bits per heavy atom. The lowest BCUT2D eigenvalue weighted by Gasteiger charge is -2.16. The monoisotopic (exact) mass is 705 g/mol. The number of carbonyl (C=O) groups excluding carboxylic acids is 2. The van der Waals surface area contributed by atoms with Gasteiger partial charge >= 0.3 is 11.9 Å². The maximum Gasteiger partial charge on any atom is 0.337 e. The van der Waals surface area contributed by atoms with E-state index in [0.717, 1.165) is 16.7 Å². The first-order chi connectivity index (χ1) is 24.0. The number of aromatic carboxylic acids is 1. The van der Waals surface area contributed by atoms with Crippen molar-refractivity contribution in [3.8, 4) is 12.1 Å². The van der Waals surface area contributed by atoms with Gasteiger partial charge in [-0.3, -0.25) is 14.8 Å². The number of esters is 1. The van der Waals surface area contributed by atoms with Crippen molar-refractivity contribution < 1.29 is 24.2 Å². The van der Waals surface area contributed by atoms with Gasteiger partial charge in [0.15, 0.2) is 0 Å². The Morgan fingerprint density at radius 1 is 0.800 bits per heavy atom. The van der Waals surface area contributed by atoms with Crippen molar-refractivity contribution in [2.24, 2.45) is 0 Å². The van der Waals surface area contributed by atoms with Crippen LogP contribution in [0.5, 0.6) is 0 Å². The van der Waals surface area contributed by atoms with Crippen molar-refractivity contribution >= 4 is 41.0 Å². The number of aromatic nitrogens is 2. The SMILES string of the molecule is COC(=O)c1ccc([C@H](C)NC(=O)c2cc(Cl)cnc2Cc2cccc(C#N)c2)cc1.N#Cc1cccc(Cc2ncc(Cl)cc2C(=O)O)c1. The number of rotatable bonds is 9. The fourth-order valence-corrected chi connectivity index (χ4v) is 5.19. The van der Waals surface area contributed by atoms with Crippen LogP contribution in [0.15, 0.2) is 97.3 Å². The van der Waals surface area contributed by atoms with Crippen LogP contribution in [0.2, 0.25) is 10.0 Å². The molecule has 1 amide bonds. The first-order valence-electron chi connectivity index (χ1n) is 15.0. The van der Waals surface area contributed by atoms with E-state index in [1.807, 2.05) is 25.1 Å². The highest BCUT2D eigenvalue weighted by Gasteiger charge is 2.18.